The van der Waals surface area contributed by atoms with Crippen LogP contribution in [0.2, 0.25) is 0 Å². The first-order chi connectivity index (χ1) is 14.1. The van der Waals surface area contributed by atoms with Gasteiger partial charge in [-0.15, -0.1) is 0 Å². The van der Waals surface area contributed by atoms with Crippen molar-refractivity contribution in [2.24, 2.45) is 0 Å². The van der Waals surface area contributed by atoms with Crippen molar-refractivity contribution in [3.63, 3.8) is 0 Å². The molecular weight excluding hydrogens is 368 g/mol. The lowest BCUT2D eigenvalue weighted by molar-refractivity contribution is 0.0936. The number of anilines is 1. The molecule has 0 aromatic heterocycles. The average molecular weight is 399 g/mol. The fourth-order valence-corrected chi connectivity index (χ4v) is 2.70. The molecule has 0 saturated carbocycles. The van der Waals surface area contributed by atoms with Crippen LogP contribution in [0.25, 0.3) is 0 Å². The molecule has 0 saturated heterocycles. The molecule has 0 atom stereocenters. The fourth-order valence-electron chi connectivity index (χ4n) is 2.70. The third-order valence-electron chi connectivity index (χ3n) is 4.38. The van der Waals surface area contributed by atoms with Gasteiger partial charge in [0.1, 0.15) is 5.75 Å². The van der Waals surface area contributed by atoms with Crippen molar-refractivity contribution >= 4 is 17.5 Å². The molecule has 29 heavy (non-hydrogen) atoms. The molecule has 6 nitrogen and oxygen atoms in total. The Morgan fingerprint density at radius 3 is 2.14 bits per heavy atom. The van der Waals surface area contributed by atoms with Gasteiger partial charge in [-0.3, -0.25) is 9.59 Å². The summed E-state index contributed by atoms with van der Waals surface area (Å²) < 4.78 is 10.6. The Morgan fingerprint density at radius 1 is 0.828 bits per heavy atom. The maximum atomic E-state index is 12.4. The zero-order valence-electron chi connectivity index (χ0n) is 17.2. The Kier molecular flexibility index (Phi) is 9.72. The molecule has 0 bridgehead atoms. The minimum Gasteiger partial charge on any atom is -0.494 e. The molecule has 2 aromatic carbocycles. The van der Waals surface area contributed by atoms with Gasteiger partial charge in [-0.1, -0.05) is 26.2 Å². The second kappa shape index (κ2) is 12.6. The van der Waals surface area contributed by atoms with Gasteiger partial charge in [0.05, 0.1) is 13.2 Å². The molecule has 0 aliphatic carbocycles. The van der Waals surface area contributed by atoms with E-state index in [0.717, 1.165) is 12.2 Å². The molecule has 6 heteroatoms. The van der Waals surface area contributed by atoms with E-state index in [0.29, 0.717) is 36.6 Å². The summed E-state index contributed by atoms with van der Waals surface area (Å²) in [5.41, 5.74) is 1.70. The average Bonchev–Trinajstić information content (AvgIpc) is 2.74. The molecule has 2 N–H and O–H groups in total. The molecule has 0 radical (unpaired) electrons. The molecule has 0 unspecified atom stereocenters. The second-order valence-electron chi connectivity index (χ2n) is 6.71. The highest BCUT2D eigenvalue weighted by atomic mass is 16.5. The summed E-state index contributed by atoms with van der Waals surface area (Å²) in [6, 6.07) is 13.9. The molecule has 0 heterocycles. The smallest absolute Gasteiger partial charge is 0.255 e. The van der Waals surface area contributed by atoms with Crippen molar-refractivity contribution in [3.8, 4) is 5.75 Å². The Labute approximate surface area is 172 Å². The fraction of sp³-hybridized carbons (Fsp3) is 0.391. The highest BCUT2D eigenvalue weighted by molar-refractivity contribution is 6.04. The van der Waals surface area contributed by atoms with Gasteiger partial charge in [0.2, 0.25) is 0 Å². The quantitative estimate of drug-likeness (QED) is 0.524. The van der Waals surface area contributed by atoms with Crippen LogP contribution < -0.4 is 15.4 Å². The topological polar surface area (TPSA) is 76.7 Å². The number of hydrogen-bond donors (Lipinski definition) is 2. The van der Waals surface area contributed by atoms with Crippen LogP contribution in [0.1, 0.15) is 53.3 Å². The molecule has 0 aliphatic heterocycles. The van der Waals surface area contributed by atoms with E-state index in [4.69, 9.17) is 9.47 Å². The number of benzene rings is 2. The highest BCUT2D eigenvalue weighted by Gasteiger charge is 2.08. The number of carbonyl (C=O) groups is 2. The monoisotopic (exact) mass is 398 g/mol. The maximum Gasteiger partial charge on any atom is 0.255 e. The molecule has 0 fully saturated rings. The lowest BCUT2D eigenvalue weighted by Gasteiger charge is -2.09. The van der Waals surface area contributed by atoms with Crippen molar-refractivity contribution < 1.29 is 19.1 Å². The lowest BCUT2D eigenvalue weighted by Crippen LogP contribution is -2.26. The van der Waals surface area contributed by atoms with E-state index in [1.807, 2.05) is 12.1 Å². The van der Waals surface area contributed by atoms with Gasteiger partial charge >= 0.3 is 0 Å². The molecular formula is C23H30N2O4. The maximum absolute atomic E-state index is 12.4. The Bertz CT molecular complexity index is 757. The third-order valence-corrected chi connectivity index (χ3v) is 4.38. The van der Waals surface area contributed by atoms with Gasteiger partial charge in [0.25, 0.3) is 11.8 Å². The van der Waals surface area contributed by atoms with Gasteiger partial charge < -0.3 is 20.1 Å². The molecule has 2 aromatic rings. The molecule has 0 spiro atoms. The Morgan fingerprint density at radius 2 is 1.48 bits per heavy atom. The summed E-state index contributed by atoms with van der Waals surface area (Å²) in [5.74, 6) is 0.379. The lowest BCUT2D eigenvalue weighted by atomic mass is 10.1. The minimum atomic E-state index is -0.211. The third kappa shape index (κ3) is 7.95. The van der Waals surface area contributed by atoms with Crippen LogP contribution >= 0.6 is 0 Å². The van der Waals surface area contributed by atoms with Crippen molar-refractivity contribution in [3.05, 3.63) is 59.7 Å². The van der Waals surface area contributed by atoms with E-state index in [2.05, 4.69) is 17.6 Å². The normalized spacial score (nSPS) is 10.4. The van der Waals surface area contributed by atoms with E-state index < -0.39 is 0 Å². The first kappa shape index (κ1) is 22.4. The Balaban J connectivity index is 1.82. The summed E-state index contributed by atoms with van der Waals surface area (Å²) in [6.45, 7) is 3.78. The zero-order valence-corrected chi connectivity index (χ0v) is 17.2. The number of carbonyl (C=O) groups excluding carboxylic acids is 2. The number of unbranched alkanes of at least 4 members (excludes halogenated alkanes) is 3. The second-order valence-corrected chi connectivity index (χ2v) is 6.71. The van der Waals surface area contributed by atoms with Crippen molar-refractivity contribution in [2.75, 3.05) is 32.2 Å². The number of rotatable bonds is 12. The van der Waals surface area contributed by atoms with Gasteiger partial charge in [-0.25, -0.2) is 0 Å². The predicted octanol–water partition coefficient (Wildman–Crippen LogP) is 4.27. The van der Waals surface area contributed by atoms with Crippen LogP contribution in [-0.2, 0) is 4.74 Å². The van der Waals surface area contributed by atoms with Crippen molar-refractivity contribution in [2.45, 2.75) is 32.6 Å². The standard InChI is InChI=1S/C23H30N2O4/c1-3-4-5-6-16-29-21-13-9-19(10-14-21)23(27)25-20-11-7-18(8-12-20)22(26)24-15-17-28-2/h7-14H,3-6,15-17H2,1-2H3,(H,24,26)(H,25,27). The molecule has 0 aliphatic rings. The summed E-state index contributed by atoms with van der Waals surface area (Å²) >= 11 is 0. The summed E-state index contributed by atoms with van der Waals surface area (Å²) in [4.78, 5) is 24.4. The summed E-state index contributed by atoms with van der Waals surface area (Å²) in [7, 11) is 1.58. The summed E-state index contributed by atoms with van der Waals surface area (Å²) in [6.07, 6.45) is 4.64. The SMILES string of the molecule is CCCCCCOc1ccc(C(=O)Nc2ccc(C(=O)NCCOC)cc2)cc1. The van der Waals surface area contributed by atoms with E-state index in [-0.39, 0.29) is 11.8 Å². The van der Waals surface area contributed by atoms with E-state index >= 15 is 0 Å². The van der Waals surface area contributed by atoms with E-state index in [1.165, 1.54) is 19.3 Å². The molecule has 2 rings (SSSR count). The van der Waals surface area contributed by atoms with Crippen LogP contribution in [0.3, 0.4) is 0 Å². The number of methoxy groups -OCH3 is 1. The van der Waals surface area contributed by atoms with Gasteiger partial charge in [-0.05, 0) is 55.0 Å². The van der Waals surface area contributed by atoms with Crippen LogP contribution in [-0.4, -0.2) is 38.7 Å². The van der Waals surface area contributed by atoms with Crippen molar-refractivity contribution in [1.29, 1.82) is 0 Å². The minimum absolute atomic E-state index is 0.176. The predicted molar refractivity (Wildman–Crippen MR) is 115 cm³/mol. The van der Waals surface area contributed by atoms with E-state index in [1.54, 1.807) is 43.5 Å². The number of ether oxygens (including phenoxy) is 2. The zero-order chi connectivity index (χ0) is 20.9. The van der Waals surface area contributed by atoms with Gasteiger partial charge in [-0.2, -0.15) is 0 Å². The number of hydrogen-bond acceptors (Lipinski definition) is 4. The van der Waals surface area contributed by atoms with Gasteiger partial charge in [0.15, 0.2) is 0 Å². The first-order valence-electron chi connectivity index (χ1n) is 10.1. The largest absolute Gasteiger partial charge is 0.494 e. The number of nitrogens with one attached hydrogen (secondary N) is 2. The number of amides is 2. The van der Waals surface area contributed by atoms with Crippen LogP contribution in [0.5, 0.6) is 5.75 Å². The van der Waals surface area contributed by atoms with Crippen LogP contribution in [0.15, 0.2) is 48.5 Å². The molecule has 156 valence electrons. The van der Waals surface area contributed by atoms with Crippen LogP contribution in [0.4, 0.5) is 5.69 Å². The molecule has 2 amide bonds. The van der Waals surface area contributed by atoms with Crippen LogP contribution in [0, 0.1) is 0 Å². The van der Waals surface area contributed by atoms with Crippen molar-refractivity contribution in [1.82, 2.24) is 5.32 Å². The highest BCUT2D eigenvalue weighted by Crippen LogP contribution is 2.15. The summed E-state index contributed by atoms with van der Waals surface area (Å²) in [5, 5.41) is 5.58. The van der Waals surface area contributed by atoms with E-state index in [9.17, 15) is 9.59 Å². The van der Waals surface area contributed by atoms with Gasteiger partial charge in [0, 0.05) is 30.5 Å². The first-order valence-corrected chi connectivity index (χ1v) is 10.1. The Hall–Kier alpha value is -2.86.